The van der Waals surface area contributed by atoms with Crippen LogP contribution in [-0.4, -0.2) is 42.4 Å². The smallest absolute Gasteiger partial charge is 0.295 e. The van der Waals surface area contributed by atoms with E-state index in [0.29, 0.717) is 17.8 Å². The average Bonchev–Trinajstić information content (AvgIpc) is 2.87. The highest BCUT2D eigenvalue weighted by Crippen LogP contribution is 2.24. The fourth-order valence-electron chi connectivity index (χ4n) is 2.36. The number of aliphatic hydroxyl groups excluding tert-OH is 1. The molecule has 0 bridgehead atoms. The fraction of sp³-hybridized carbons (Fsp3) is 0.500. The molecule has 0 atom stereocenters. The van der Waals surface area contributed by atoms with Gasteiger partial charge in [0.2, 0.25) is 0 Å². The minimum Gasteiger partial charge on any atom is -0.491 e. The SMILES string of the molecule is Cl.OCCOc1ccc2oc(NC3CCNCC3)nc2c1. The van der Waals surface area contributed by atoms with Crippen LogP contribution in [0.4, 0.5) is 6.01 Å². The van der Waals surface area contributed by atoms with Crippen LogP contribution >= 0.6 is 12.4 Å². The Morgan fingerprint density at radius 1 is 1.38 bits per heavy atom. The summed E-state index contributed by atoms with van der Waals surface area (Å²) < 4.78 is 11.0. The van der Waals surface area contributed by atoms with Gasteiger partial charge in [0.15, 0.2) is 5.58 Å². The minimum absolute atomic E-state index is 0. The summed E-state index contributed by atoms with van der Waals surface area (Å²) in [5, 5.41) is 15.4. The first-order chi connectivity index (χ1) is 9.85. The molecule has 0 radical (unpaired) electrons. The first-order valence-corrected chi connectivity index (χ1v) is 6.96. The molecule has 21 heavy (non-hydrogen) atoms. The minimum atomic E-state index is -0.000621. The molecular formula is C14H20ClN3O3. The maximum atomic E-state index is 8.75. The number of halogens is 1. The van der Waals surface area contributed by atoms with Crippen molar-refractivity contribution in [3.8, 4) is 5.75 Å². The number of fused-ring (bicyclic) bond motifs is 1. The average molecular weight is 314 g/mol. The van der Waals surface area contributed by atoms with E-state index in [9.17, 15) is 0 Å². The van der Waals surface area contributed by atoms with Gasteiger partial charge in [-0.3, -0.25) is 0 Å². The van der Waals surface area contributed by atoms with Crippen molar-refractivity contribution in [3.63, 3.8) is 0 Å². The van der Waals surface area contributed by atoms with Crippen LogP contribution in [0.25, 0.3) is 11.1 Å². The van der Waals surface area contributed by atoms with Crippen LogP contribution in [-0.2, 0) is 0 Å². The van der Waals surface area contributed by atoms with E-state index in [2.05, 4.69) is 15.6 Å². The van der Waals surface area contributed by atoms with Crippen molar-refractivity contribution >= 4 is 29.5 Å². The van der Waals surface area contributed by atoms with Crippen molar-refractivity contribution < 1.29 is 14.3 Å². The number of hydrogen-bond donors (Lipinski definition) is 3. The molecule has 3 N–H and O–H groups in total. The summed E-state index contributed by atoms with van der Waals surface area (Å²) in [5.41, 5.74) is 1.50. The summed E-state index contributed by atoms with van der Waals surface area (Å²) in [6.45, 7) is 2.33. The number of oxazole rings is 1. The third-order valence-electron chi connectivity index (χ3n) is 3.39. The molecule has 0 amide bonds. The van der Waals surface area contributed by atoms with Gasteiger partial charge in [-0.15, -0.1) is 12.4 Å². The number of rotatable bonds is 5. The van der Waals surface area contributed by atoms with Crippen molar-refractivity contribution in [3.05, 3.63) is 18.2 Å². The number of piperidine rings is 1. The molecule has 7 heteroatoms. The second kappa shape index (κ2) is 7.49. The predicted molar refractivity (Wildman–Crippen MR) is 83.4 cm³/mol. The lowest BCUT2D eigenvalue weighted by Crippen LogP contribution is -2.35. The molecule has 1 aliphatic heterocycles. The van der Waals surface area contributed by atoms with Crippen LogP contribution in [0.1, 0.15) is 12.8 Å². The van der Waals surface area contributed by atoms with E-state index in [-0.39, 0.29) is 25.6 Å². The quantitative estimate of drug-likeness (QED) is 0.781. The zero-order chi connectivity index (χ0) is 13.8. The van der Waals surface area contributed by atoms with Gasteiger partial charge in [0.1, 0.15) is 17.9 Å². The van der Waals surface area contributed by atoms with Crippen molar-refractivity contribution in [1.82, 2.24) is 10.3 Å². The lowest BCUT2D eigenvalue weighted by Gasteiger charge is -2.22. The third-order valence-corrected chi connectivity index (χ3v) is 3.39. The zero-order valence-electron chi connectivity index (χ0n) is 11.7. The van der Waals surface area contributed by atoms with Crippen LogP contribution in [0, 0.1) is 0 Å². The zero-order valence-corrected chi connectivity index (χ0v) is 12.5. The maximum absolute atomic E-state index is 8.75. The summed E-state index contributed by atoms with van der Waals surface area (Å²) in [4.78, 5) is 4.43. The summed E-state index contributed by atoms with van der Waals surface area (Å²) in [6.07, 6.45) is 2.15. The van der Waals surface area contributed by atoms with Crippen molar-refractivity contribution in [2.75, 3.05) is 31.6 Å². The number of benzene rings is 1. The van der Waals surface area contributed by atoms with Crippen LogP contribution < -0.4 is 15.4 Å². The van der Waals surface area contributed by atoms with Gasteiger partial charge in [-0.05, 0) is 38.1 Å². The Hall–Kier alpha value is -1.50. The Morgan fingerprint density at radius 3 is 2.95 bits per heavy atom. The third kappa shape index (κ3) is 4.00. The van der Waals surface area contributed by atoms with Gasteiger partial charge in [-0.2, -0.15) is 4.98 Å². The highest BCUT2D eigenvalue weighted by Gasteiger charge is 2.15. The molecule has 1 fully saturated rings. The Kier molecular flexibility index (Phi) is 5.67. The van der Waals surface area contributed by atoms with Gasteiger partial charge in [0.05, 0.1) is 6.61 Å². The van der Waals surface area contributed by atoms with Gasteiger partial charge in [0.25, 0.3) is 6.01 Å². The largest absolute Gasteiger partial charge is 0.491 e. The van der Waals surface area contributed by atoms with E-state index in [1.165, 1.54) is 0 Å². The second-order valence-corrected chi connectivity index (χ2v) is 4.89. The highest BCUT2D eigenvalue weighted by molar-refractivity contribution is 5.85. The van der Waals surface area contributed by atoms with E-state index in [4.69, 9.17) is 14.3 Å². The molecule has 2 aromatic rings. The lowest BCUT2D eigenvalue weighted by molar-refractivity contribution is 0.201. The first-order valence-electron chi connectivity index (χ1n) is 6.96. The topological polar surface area (TPSA) is 79.5 Å². The Bertz CT molecular complexity index is 570. The number of aromatic nitrogens is 1. The molecule has 116 valence electrons. The maximum Gasteiger partial charge on any atom is 0.295 e. The van der Waals surface area contributed by atoms with Gasteiger partial charge >= 0.3 is 0 Å². The lowest BCUT2D eigenvalue weighted by atomic mass is 10.1. The molecule has 1 aromatic heterocycles. The predicted octanol–water partition coefficient (Wildman–Crippen LogP) is 1.78. The van der Waals surface area contributed by atoms with Crippen LogP contribution in [0.2, 0.25) is 0 Å². The number of nitrogens with one attached hydrogen (secondary N) is 2. The molecule has 1 saturated heterocycles. The molecule has 0 saturated carbocycles. The molecule has 0 spiro atoms. The van der Waals surface area contributed by atoms with E-state index >= 15 is 0 Å². The molecule has 0 aliphatic carbocycles. The van der Waals surface area contributed by atoms with Gasteiger partial charge in [-0.1, -0.05) is 0 Å². The van der Waals surface area contributed by atoms with Crippen molar-refractivity contribution in [1.29, 1.82) is 0 Å². The summed E-state index contributed by atoms with van der Waals surface area (Å²) in [7, 11) is 0. The van der Waals surface area contributed by atoms with E-state index in [1.54, 1.807) is 0 Å². The molecular weight excluding hydrogens is 294 g/mol. The summed E-state index contributed by atoms with van der Waals surface area (Å²) in [6, 6.07) is 6.45. The first kappa shape index (κ1) is 15.9. The highest BCUT2D eigenvalue weighted by atomic mass is 35.5. The van der Waals surface area contributed by atoms with E-state index in [0.717, 1.165) is 37.0 Å². The molecule has 1 aromatic carbocycles. The number of anilines is 1. The number of nitrogens with zero attached hydrogens (tertiary/aromatic N) is 1. The van der Waals surface area contributed by atoms with Gasteiger partial charge in [-0.25, -0.2) is 0 Å². The van der Waals surface area contributed by atoms with Crippen molar-refractivity contribution in [2.24, 2.45) is 0 Å². The van der Waals surface area contributed by atoms with Crippen LogP contribution in [0.3, 0.4) is 0 Å². The van der Waals surface area contributed by atoms with E-state index in [1.807, 2.05) is 18.2 Å². The van der Waals surface area contributed by atoms with Crippen LogP contribution in [0.15, 0.2) is 22.6 Å². The molecule has 0 unspecified atom stereocenters. The normalized spacial score (nSPS) is 15.7. The Labute approximate surface area is 129 Å². The Balaban J connectivity index is 0.00000161. The summed E-state index contributed by atoms with van der Waals surface area (Å²) >= 11 is 0. The number of aliphatic hydroxyl groups is 1. The molecule has 2 heterocycles. The monoisotopic (exact) mass is 313 g/mol. The summed E-state index contributed by atoms with van der Waals surface area (Å²) in [5.74, 6) is 0.688. The molecule has 1 aliphatic rings. The molecule has 6 nitrogen and oxygen atoms in total. The standard InChI is InChI=1S/C14H19N3O3.ClH/c18-7-8-19-11-1-2-13-12(9-11)17-14(20-13)16-10-3-5-15-6-4-10;/h1-2,9-10,15,18H,3-8H2,(H,16,17);1H. The van der Waals surface area contributed by atoms with Crippen LogP contribution in [0.5, 0.6) is 5.75 Å². The van der Waals surface area contributed by atoms with Crippen molar-refractivity contribution in [2.45, 2.75) is 18.9 Å². The van der Waals surface area contributed by atoms with E-state index < -0.39 is 0 Å². The number of hydrogen-bond acceptors (Lipinski definition) is 6. The van der Waals surface area contributed by atoms with Gasteiger partial charge in [0, 0.05) is 12.1 Å². The second-order valence-electron chi connectivity index (χ2n) is 4.89. The fourth-order valence-corrected chi connectivity index (χ4v) is 2.36. The molecule has 3 rings (SSSR count). The Morgan fingerprint density at radius 2 is 2.19 bits per heavy atom. The van der Waals surface area contributed by atoms with Gasteiger partial charge < -0.3 is 24.9 Å². The number of ether oxygens (including phenoxy) is 1.